The molecule has 0 radical (unpaired) electrons. The molecule has 0 saturated carbocycles. The summed E-state index contributed by atoms with van der Waals surface area (Å²) in [6, 6.07) is 0. The number of nitrogens with zero attached hydrogens (tertiary/aromatic N) is 2. The zero-order valence-electron chi connectivity index (χ0n) is 9.02. The molecular weight excluding hydrogens is 297 g/mol. The Kier molecular flexibility index (Phi) is 5.00. The van der Waals surface area contributed by atoms with E-state index in [0.717, 1.165) is 0 Å². The molecule has 0 aromatic carbocycles. The molecule has 0 aliphatic rings. The van der Waals surface area contributed by atoms with Crippen molar-refractivity contribution in [2.24, 2.45) is 0 Å². The van der Waals surface area contributed by atoms with Gasteiger partial charge in [-0.25, -0.2) is 13.4 Å². The minimum absolute atomic E-state index is 0.0827. The highest BCUT2D eigenvalue weighted by molar-refractivity contribution is 8.13. The molecule has 0 aliphatic carbocycles. The summed E-state index contributed by atoms with van der Waals surface area (Å²) < 4.78 is 62.7. The molecule has 18 heavy (non-hydrogen) atoms. The summed E-state index contributed by atoms with van der Waals surface area (Å²) in [5.41, 5.74) is 0. The number of alkyl halides is 3. The number of imidazole rings is 1. The second-order valence-electron chi connectivity index (χ2n) is 3.41. The molecule has 1 rings (SSSR count). The lowest BCUT2D eigenvalue weighted by Gasteiger charge is -2.07. The van der Waals surface area contributed by atoms with Gasteiger partial charge in [-0.3, -0.25) is 0 Å². The molecule has 0 spiro atoms. The van der Waals surface area contributed by atoms with E-state index in [1.807, 2.05) is 0 Å². The van der Waals surface area contributed by atoms with Gasteiger partial charge in [-0.1, -0.05) is 0 Å². The Balaban J connectivity index is 2.31. The first-order valence-electron chi connectivity index (χ1n) is 4.79. The van der Waals surface area contributed by atoms with Crippen LogP contribution in [0.5, 0.6) is 0 Å². The number of hydrogen-bond donors (Lipinski definition) is 0. The predicted molar refractivity (Wildman–Crippen MR) is 56.8 cm³/mol. The van der Waals surface area contributed by atoms with Gasteiger partial charge in [0, 0.05) is 30.0 Å². The maximum Gasteiger partial charge on any atom is 0.411 e. The van der Waals surface area contributed by atoms with Crippen LogP contribution in [0.25, 0.3) is 0 Å². The first-order chi connectivity index (χ1) is 8.18. The second-order valence-corrected chi connectivity index (χ2v) is 5.92. The first kappa shape index (κ1) is 15.3. The molecule has 5 nitrogen and oxygen atoms in total. The molecule has 10 heteroatoms. The van der Waals surface area contributed by atoms with E-state index in [2.05, 4.69) is 9.72 Å². The highest BCUT2D eigenvalue weighted by Gasteiger charge is 2.27. The molecule has 0 atom stereocenters. The van der Waals surface area contributed by atoms with Gasteiger partial charge in [0.15, 0.2) is 5.03 Å². The van der Waals surface area contributed by atoms with E-state index in [9.17, 15) is 21.6 Å². The Morgan fingerprint density at radius 3 is 2.61 bits per heavy atom. The van der Waals surface area contributed by atoms with Gasteiger partial charge in [-0.05, 0) is 6.42 Å². The third-order valence-electron chi connectivity index (χ3n) is 1.83. The number of hydrogen-bond acceptors (Lipinski definition) is 4. The average molecular weight is 307 g/mol. The van der Waals surface area contributed by atoms with Gasteiger partial charge in [0.05, 0.1) is 6.33 Å². The number of halogens is 4. The lowest BCUT2D eigenvalue weighted by molar-refractivity contribution is -0.174. The smallest absolute Gasteiger partial charge is 0.372 e. The Hall–Kier alpha value is -0.800. The van der Waals surface area contributed by atoms with E-state index >= 15 is 0 Å². The first-order valence-corrected chi connectivity index (χ1v) is 7.10. The zero-order valence-corrected chi connectivity index (χ0v) is 10.6. The van der Waals surface area contributed by atoms with Crippen molar-refractivity contribution in [2.75, 3.05) is 13.2 Å². The van der Waals surface area contributed by atoms with E-state index < -0.39 is 21.8 Å². The summed E-state index contributed by atoms with van der Waals surface area (Å²) >= 11 is 0. The molecule has 0 saturated heterocycles. The van der Waals surface area contributed by atoms with Gasteiger partial charge in [-0.15, -0.1) is 0 Å². The Morgan fingerprint density at radius 1 is 1.44 bits per heavy atom. The van der Waals surface area contributed by atoms with E-state index in [-0.39, 0.29) is 18.2 Å². The van der Waals surface area contributed by atoms with E-state index in [0.29, 0.717) is 6.42 Å². The van der Waals surface area contributed by atoms with Crippen molar-refractivity contribution in [2.45, 2.75) is 24.2 Å². The molecule has 0 fully saturated rings. The van der Waals surface area contributed by atoms with Crippen molar-refractivity contribution in [1.82, 2.24) is 9.55 Å². The Morgan fingerprint density at radius 2 is 2.11 bits per heavy atom. The normalized spacial score (nSPS) is 12.9. The van der Waals surface area contributed by atoms with Gasteiger partial charge >= 0.3 is 6.18 Å². The fourth-order valence-electron chi connectivity index (χ4n) is 1.12. The van der Waals surface area contributed by atoms with Crippen LogP contribution in [0.3, 0.4) is 0 Å². The number of ether oxygens (including phenoxy) is 1. The maximum absolute atomic E-state index is 11.7. The van der Waals surface area contributed by atoms with Crippen LogP contribution < -0.4 is 0 Å². The summed E-state index contributed by atoms with van der Waals surface area (Å²) in [6.45, 7) is -1.09. The summed E-state index contributed by atoms with van der Waals surface area (Å²) in [5.74, 6) is 0. The molecule has 0 amide bonds. The topological polar surface area (TPSA) is 61.2 Å². The highest BCUT2D eigenvalue weighted by Crippen LogP contribution is 2.14. The van der Waals surface area contributed by atoms with Crippen LogP contribution in [0.4, 0.5) is 13.2 Å². The fourth-order valence-corrected chi connectivity index (χ4v) is 1.80. The average Bonchev–Trinajstić information content (AvgIpc) is 2.63. The van der Waals surface area contributed by atoms with Crippen molar-refractivity contribution in [3.05, 3.63) is 12.5 Å². The molecule has 0 N–H and O–H groups in total. The third kappa shape index (κ3) is 5.69. The van der Waals surface area contributed by atoms with Crippen molar-refractivity contribution < 1.29 is 26.3 Å². The van der Waals surface area contributed by atoms with Gasteiger partial charge in [0.1, 0.15) is 6.61 Å². The molecule has 0 bridgehead atoms. The van der Waals surface area contributed by atoms with Crippen LogP contribution in [0.2, 0.25) is 0 Å². The summed E-state index contributed by atoms with van der Waals surface area (Å²) in [5, 5.41) is -0.291. The van der Waals surface area contributed by atoms with Crippen molar-refractivity contribution in [3.8, 4) is 0 Å². The van der Waals surface area contributed by atoms with Crippen LogP contribution in [0.1, 0.15) is 6.42 Å². The van der Waals surface area contributed by atoms with Gasteiger partial charge < -0.3 is 9.30 Å². The Bertz CT molecular complexity index is 486. The second kappa shape index (κ2) is 5.89. The van der Waals surface area contributed by atoms with E-state index in [1.54, 1.807) is 0 Å². The molecule has 0 aliphatic heterocycles. The largest absolute Gasteiger partial charge is 0.411 e. The van der Waals surface area contributed by atoms with Crippen LogP contribution in [-0.4, -0.2) is 37.4 Å². The van der Waals surface area contributed by atoms with E-state index in [4.69, 9.17) is 10.7 Å². The monoisotopic (exact) mass is 306 g/mol. The molecule has 1 heterocycles. The summed E-state index contributed by atoms with van der Waals surface area (Å²) in [4.78, 5) is 3.55. The lowest BCUT2D eigenvalue weighted by Crippen LogP contribution is -2.17. The van der Waals surface area contributed by atoms with Gasteiger partial charge in [0.2, 0.25) is 0 Å². The Labute approximate surface area is 106 Å². The standard InChI is InChI=1S/C8H10ClF3N2O3S/c9-18(15,16)7-4-14(6-13-7)2-1-3-17-5-8(10,11)12/h4,6H,1-3,5H2. The SMILES string of the molecule is O=S(=O)(Cl)c1cn(CCCOCC(F)(F)F)cn1. The molecule has 0 unspecified atom stereocenters. The maximum atomic E-state index is 11.7. The number of aromatic nitrogens is 2. The van der Waals surface area contributed by atoms with Gasteiger partial charge in [0.25, 0.3) is 9.05 Å². The number of aryl methyl sites for hydroxylation is 1. The van der Waals surface area contributed by atoms with Crippen LogP contribution in [0, 0.1) is 0 Å². The van der Waals surface area contributed by atoms with Crippen molar-refractivity contribution in [1.29, 1.82) is 0 Å². The van der Waals surface area contributed by atoms with E-state index in [1.165, 1.54) is 17.1 Å². The molecule has 1 aromatic rings. The van der Waals surface area contributed by atoms with Crippen molar-refractivity contribution >= 4 is 19.7 Å². The molecule has 104 valence electrons. The predicted octanol–water partition coefficient (Wildman–Crippen LogP) is 1.78. The van der Waals surface area contributed by atoms with Crippen LogP contribution in [0.15, 0.2) is 17.6 Å². The summed E-state index contributed by atoms with van der Waals surface area (Å²) in [6.07, 6.45) is -1.60. The van der Waals surface area contributed by atoms with Crippen molar-refractivity contribution in [3.63, 3.8) is 0 Å². The molecule has 1 aromatic heterocycles. The highest BCUT2D eigenvalue weighted by atomic mass is 35.7. The minimum atomic E-state index is -4.34. The number of rotatable bonds is 6. The van der Waals surface area contributed by atoms with Crippen LogP contribution in [-0.2, 0) is 20.3 Å². The quantitative estimate of drug-likeness (QED) is 0.594. The van der Waals surface area contributed by atoms with Gasteiger partial charge in [-0.2, -0.15) is 13.2 Å². The fraction of sp³-hybridized carbons (Fsp3) is 0.625. The molecular formula is C8H10ClF3N2O3S. The third-order valence-corrected chi connectivity index (χ3v) is 3.01. The lowest BCUT2D eigenvalue weighted by atomic mass is 10.4. The van der Waals surface area contributed by atoms with Crippen LogP contribution >= 0.6 is 10.7 Å². The zero-order chi connectivity index (χ0) is 13.8. The minimum Gasteiger partial charge on any atom is -0.372 e. The summed E-state index contributed by atoms with van der Waals surface area (Å²) in [7, 11) is 1.18.